The van der Waals surface area contributed by atoms with Gasteiger partial charge in [-0.05, 0) is 6.92 Å². The number of nitrogens with zero attached hydrogens (tertiary/aromatic N) is 4. The molecule has 0 aliphatic rings. The van der Waals surface area contributed by atoms with E-state index in [1.165, 1.54) is 0 Å². The highest BCUT2D eigenvalue weighted by Crippen LogP contribution is 2.24. The van der Waals surface area contributed by atoms with Crippen LogP contribution in [0, 0.1) is 18.3 Å². The zero-order valence-electron chi connectivity index (χ0n) is 12.7. The summed E-state index contributed by atoms with van der Waals surface area (Å²) in [5.41, 5.74) is 6.83. The Morgan fingerprint density at radius 2 is 2.05 bits per heavy atom. The van der Waals surface area contributed by atoms with E-state index in [0.29, 0.717) is 31.9 Å². The Balaban J connectivity index is 3.13. The molecule has 0 aromatic carbocycles. The minimum absolute atomic E-state index is 0.205. The third kappa shape index (κ3) is 4.07. The maximum atomic E-state index is 8.79. The molecule has 1 aromatic heterocycles. The lowest BCUT2D eigenvalue weighted by molar-refractivity contribution is 0.205. The van der Waals surface area contributed by atoms with Gasteiger partial charge in [-0.15, -0.1) is 0 Å². The molecule has 0 unspecified atom stereocenters. The average Bonchev–Trinajstić information content (AvgIpc) is 2.42. The number of rotatable bonds is 7. The van der Waals surface area contributed by atoms with Gasteiger partial charge in [0.25, 0.3) is 0 Å². The lowest BCUT2D eigenvalue weighted by Gasteiger charge is -2.25. The predicted octanol–water partition coefficient (Wildman–Crippen LogP) is 1.86. The maximum Gasteiger partial charge on any atom is 0.137 e. The van der Waals surface area contributed by atoms with E-state index in [9.17, 15) is 0 Å². The summed E-state index contributed by atoms with van der Waals surface area (Å²) in [5.74, 6) is 2.23. The van der Waals surface area contributed by atoms with E-state index in [0.717, 1.165) is 17.2 Å². The van der Waals surface area contributed by atoms with Crippen LogP contribution in [0.1, 0.15) is 37.6 Å². The summed E-state index contributed by atoms with van der Waals surface area (Å²) in [7, 11) is 1.66. The van der Waals surface area contributed by atoms with E-state index in [1.54, 1.807) is 7.11 Å². The van der Waals surface area contributed by atoms with Crippen LogP contribution in [-0.4, -0.2) is 36.8 Å². The molecule has 1 rings (SSSR count). The molecule has 0 atom stereocenters. The van der Waals surface area contributed by atoms with Gasteiger partial charge in [0, 0.05) is 31.7 Å². The molecule has 0 aliphatic heterocycles. The Morgan fingerprint density at radius 1 is 1.35 bits per heavy atom. The molecule has 0 bridgehead atoms. The molecule has 2 N–H and O–H groups in total. The molecule has 110 valence electrons. The summed E-state index contributed by atoms with van der Waals surface area (Å²) in [4.78, 5) is 11.0. The SMILES string of the molecule is COCCN(CCC#N)c1nc(C(C)C)nc(N)c1C. The van der Waals surface area contributed by atoms with Crippen LogP contribution in [-0.2, 0) is 4.74 Å². The zero-order valence-corrected chi connectivity index (χ0v) is 12.7. The van der Waals surface area contributed by atoms with Gasteiger partial charge in [-0.25, -0.2) is 9.97 Å². The summed E-state index contributed by atoms with van der Waals surface area (Å²) in [6, 6.07) is 2.16. The standard InChI is InChI=1S/C14H23N5O/c1-10(2)13-17-12(16)11(3)14(18-13)19(7-5-6-15)8-9-20-4/h10H,5,7-9H2,1-4H3,(H2,16,17,18). The van der Waals surface area contributed by atoms with Crippen molar-refractivity contribution >= 4 is 11.6 Å². The minimum atomic E-state index is 0.205. The Labute approximate surface area is 120 Å². The van der Waals surface area contributed by atoms with Crippen LogP contribution in [0.25, 0.3) is 0 Å². The fourth-order valence-electron chi connectivity index (χ4n) is 1.82. The summed E-state index contributed by atoms with van der Waals surface area (Å²) >= 11 is 0. The van der Waals surface area contributed by atoms with Crippen LogP contribution in [0.5, 0.6) is 0 Å². The van der Waals surface area contributed by atoms with Gasteiger partial charge in [-0.2, -0.15) is 5.26 Å². The second-order valence-electron chi connectivity index (χ2n) is 4.96. The molecule has 20 heavy (non-hydrogen) atoms. The van der Waals surface area contributed by atoms with Crippen LogP contribution in [0.4, 0.5) is 11.6 Å². The minimum Gasteiger partial charge on any atom is -0.383 e. The van der Waals surface area contributed by atoms with Gasteiger partial charge in [0.15, 0.2) is 0 Å². The van der Waals surface area contributed by atoms with Crippen LogP contribution in [0.15, 0.2) is 0 Å². The summed E-state index contributed by atoms with van der Waals surface area (Å²) in [5, 5.41) is 8.79. The first-order chi connectivity index (χ1) is 9.51. The molecule has 6 nitrogen and oxygen atoms in total. The zero-order chi connectivity index (χ0) is 15.1. The highest BCUT2D eigenvalue weighted by atomic mass is 16.5. The lowest BCUT2D eigenvalue weighted by atomic mass is 10.2. The fraction of sp³-hybridized carbons (Fsp3) is 0.643. The number of methoxy groups -OCH3 is 1. The highest BCUT2D eigenvalue weighted by molar-refractivity contribution is 5.56. The topological polar surface area (TPSA) is 88.1 Å². The van der Waals surface area contributed by atoms with E-state index >= 15 is 0 Å². The van der Waals surface area contributed by atoms with E-state index in [4.69, 9.17) is 15.7 Å². The predicted molar refractivity (Wildman–Crippen MR) is 79.6 cm³/mol. The number of hydrogen-bond donors (Lipinski definition) is 1. The monoisotopic (exact) mass is 277 g/mol. The molecule has 0 fully saturated rings. The number of nitriles is 1. The molecule has 0 amide bonds. The van der Waals surface area contributed by atoms with Gasteiger partial charge in [-0.3, -0.25) is 0 Å². The smallest absolute Gasteiger partial charge is 0.137 e. The third-order valence-corrected chi connectivity index (χ3v) is 3.05. The van der Waals surface area contributed by atoms with Crippen molar-refractivity contribution in [2.24, 2.45) is 0 Å². The Morgan fingerprint density at radius 3 is 2.60 bits per heavy atom. The summed E-state index contributed by atoms with van der Waals surface area (Å²) in [6.07, 6.45) is 0.435. The van der Waals surface area contributed by atoms with Gasteiger partial charge in [-0.1, -0.05) is 13.8 Å². The summed E-state index contributed by atoms with van der Waals surface area (Å²) < 4.78 is 5.12. The largest absolute Gasteiger partial charge is 0.383 e. The third-order valence-electron chi connectivity index (χ3n) is 3.05. The molecule has 6 heteroatoms. The van der Waals surface area contributed by atoms with E-state index in [1.807, 2.05) is 25.7 Å². The number of hydrogen-bond acceptors (Lipinski definition) is 6. The van der Waals surface area contributed by atoms with Crippen molar-refractivity contribution in [3.05, 3.63) is 11.4 Å². The molecule has 0 spiro atoms. The van der Waals surface area contributed by atoms with E-state index in [-0.39, 0.29) is 5.92 Å². The Kier molecular flexibility index (Phi) is 6.19. The number of nitrogens with two attached hydrogens (primary N) is 1. The number of nitrogen functional groups attached to an aromatic ring is 1. The first-order valence-corrected chi connectivity index (χ1v) is 6.76. The Bertz CT molecular complexity index is 481. The molecule has 0 radical (unpaired) electrons. The van der Waals surface area contributed by atoms with Crippen molar-refractivity contribution in [3.8, 4) is 6.07 Å². The number of anilines is 2. The second kappa shape index (κ2) is 7.65. The number of ether oxygens (including phenoxy) is 1. The molecule has 0 aliphatic carbocycles. The van der Waals surface area contributed by atoms with Crippen LogP contribution < -0.4 is 10.6 Å². The van der Waals surface area contributed by atoms with Crippen molar-refractivity contribution in [1.29, 1.82) is 5.26 Å². The Hall–Kier alpha value is -1.87. The highest BCUT2D eigenvalue weighted by Gasteiger charge is 2.16. The average molecular weight is 277 g/mol. The molecule has 1 heterocycles. The lowest BCUT2D eigenvalue weighted by Crippen LogP contribution is -2.30. The number of aromatic nitrogens is 2. The fourth-order valence-corrected chi connectivity index (χ4v) is 1.82. The van der Waals surface area contributed by atoms with Gasteiger partial charge < -0.3 is 15.4 Å². The summed E-state index contributed by atoms with van der Waals surface area (Å²) in [6.45, 7) is 7.82. The molecule has 1 aromatic rings. The normalized spacial score (nSPS) is 10.6. The van der Waals surface area contributed by atoms with Crippen LogP contribution in [0.2, 0.25) is 0 Å². The first-order valence-electron chi connectivity index (χ1n) is 6.76. The van der Waals surface area contributed by atoms with Gasteiger partial charge in [0.2, 0.25) is 0 Å². The molecular formula is C14H23N5O. The van der Waals surface area contributed by atoms with Crippen LogP contribution in [0.3, 0.4) is 0 Å². The van der Waals surface area contributed by atoms with Gasteiger partial charge in [0.1, 0.15) is 17.5 Å². The second-order valence-corrected chi connectivity index (χ2v) is 4.96. The van der Waals surface area contributed by atoms with Crippen molar-refractivity contribution < 1.29 is 4.74 Å². The molecule has 0 saturated heterocycles. The van der Waals surface area contributed by atoms with Crippen molar-refractivity contribution in [2.75, 3.05) is 37.4 Å². The van der Waals surface area contributed by atoms with Crippen LogP contribution >= 0.6 is 0 Å². The molecular weight excluding hydrogens is 254 g/mol. The van der Waals surface area contributed by atoms with Crippen molar-refractivity contribution in [2.45, 2.75) is 33.1 Å². The van der Waals surface area contributed by atoms with E-state index in [2.05, 4.69) is 16.0 Å². The quantitative estimate of drug-likeness (QED) is 0.818. The van der Waals surface area contributed by atoms with E-state index < -0.39 is 0 Å². The first kappa shape index (κ1) is 16.2. The molecule has 0 saturated carbocycles. The van der Waals surface area contributed by atoms with Gasteiger partial charge in [0.05, 0.1) is 19.1 Å². The van der Waals surface area contributed by atoms with Crippen molar-refractivity contribution in [3.63, 3.8) is 0 Å². The maximum absolute atomic E-state index is 8.79. The van der Waals surface area contributed by atoms with Crippen molar-refractivity contribution in [1.82, 2.24) is 9.97 Å². The van der Waals surface area contributed by atoms with Gasteiger partial charge >= 0.3 is 0 Å².